The summed E-state index contributed by atoms with van der Waals surface area (Å²) in [5, 5.41) is 15.9. The first-order chi connectivity index (χ1) is 15.1. The van der Waals surface area contributed by atoms with Gasteiger partial charge < -0.3 is 0 Å². The van der Waals surface area contributed by atoms with Gasteiger partial charge in [0.25, 0.3) is 5.91 Å². The lowest BCUT2D eigenvalue weighted by Gasteiger charge is -2.10. The van der Waals surface area contributed by atoms with Crippen molar-refractivity contribution in [2.45, 2.75) is 12.1 Å². The average molecular weight is 468 g/mol. The fraction of sp³-hybridized carbons (Fsp3) is 0.0909. The van der Waals surface area contributed by atoms with Crippen LogP contribution >= 0.6 is 34.7 Å². The van der Waals surface area contributed by atoms with E-state index in [1.807, 2.05) is 77.5 Å². The van der Waals surface area contributed by atoms with E-state index in [1.165, 1.54) is 11.8 Å². The van der Waals surface area contributed by atoms with Crippen molar-refractivity contribution in [1.29, 1.82) is 0 Å². The highest BCUT2D eigenvalue weighted by Crippen LogP contribution is 2.28. The fourth-order valence-corrected chi connectivity index (χ4v) is 4.23. The molecule has 4 rings (SSSR count). The number of hydrogen-bond acceptors (Lipinski definition) is 6. The predicted molar refractivity (Wildman–Crippen MR) is 127 cm³/mol. The number of thiophene rings is 1. The Balaban J connectivity index is 1.54. The van der Waals surface area contributed by atoms with Crippen molar-refractivity contribution >= 4 is 46.8 Å². The number of nitrogens with one attached hydrogen (secondary N) is 1. The van der Waals surface area contributed by atoms with Gasteiger partial charge in [0.2, 0.25) is 0 Å². The molecular weight excluding hydrogens is 450 g/mol. The first-order valence-electron chi connectivity index (χ1n) is 9.37. The van der Waals surface area contributed by atoms with Gasteiger partial charge in [0, 0.05) is 21.2 Å². The third kappa shape index (κ3) is 5.41. The fourth-order valence-electron chi connectivity index (χ4n) is 2.77. The first kappa shape index (κ1) is 21.3. The van der Waals surface area contributed by atoms with E-state index in [-0.39, 0.29) is 11.7 Å². The quantitative estimate of drug-likeness (QED) is 0.230. The van der Waals surface area contributed by atoms with Gasteiger partial charge in [-0.25, -0.2) is 5.43 Å². The number of rotatable bonds is 7. The van der Waals surface area contributed by atoms with E-state index in [2.05, 4.69) is 20.7 Å². The van der Waals surface area contributed by atoms with E-state index in [1.54, 1.807) is 17.6 Å². The highest BCUT2D eigenvalue weighted by molar-refractivity contribution is 7.99. The van der Waals surface area contributed by atoms with Crippen molar-refractivity contribution in [1.82, 2.24) is 20.2 Å². The molecule has 0 aliphatic carbocycles. The largest absolute Gasteiger partial charge is 0.272 e. The third-order valence-corrected chi connectivity index (χ3v) is 6.27. The molecule has 0 atom stereocenters. The second kappa shape index (κ2) is 9.91. The molecule has 6 nitrogen and oxygen atoms in total. The Morgan fingerprint density at radius 2 is 1.94 bits per heavy atom. The van der Waals surface area contributed by atoms with Gasteiger partial charge in [-0.2, -0.15) is 5.10 Å². The molecule has 1 N–H and O–H groups in total. The third-order valence-electron chi connectivity index (χ3n) is 4.28. The lowest BCUT2D eigenvalue weighted by molar-refractivity contribution is -0.118. The molecule has 0 radical (unpaired) electrons. The van der Waals surface area contributed by atoms with Crippen LogP contribution in [0.25, 0.3) is 17.1 Å². The van der Waals surface area contributed by atoms with Crippen LogP contribution in [-0.4, -0.2) is 32.6 Å². The summed E-state index contributed by atoms with van der Waals surface area (Å²) in [5.74, 6) is 0.628. The molecule has 2 heterocycles. The smallest absolute Gasteiger partial charge is 0.250 e. The molecule has 2 aromatic carbocycles. The van der Waals surface area contributed by atoms with Gasteiger partial charge in [-0.15, -0.1) is 21.5 Å². The van der Waals surface area contributed by atoms with Crippen molar-refractivity contribution < 1.29 is 4.79 Å². The van der Waals surface area contributed by atoms with E-state index in [4.69, 9.17) is 11.6 Å². The lowest BCUT2D eigenvalue weighted by Crippen LogP contribution is -2.19. The molecular formula is C22H18ClN5OS2. The average Bonchev–Trinajstić information content (AvgIpc) is 3.43. The maximum Gasteiger partial charge on any atom is 0.250 e. The molecule has 0 saturated heterocycles. The zero-order valence-electron chi connectivity index (χ0n) is 16.5. The summed E-state index contributed by atoms with van der Waals surface area (Å²) >= 11 is 8.91. The molecule has 1 amide bonds. The molecule has 9 heteroatoms. The van der Waals surface area contributed by atoms with Gasteiger partial charge in [0.05, 0.1) is 12.0 Å². The summed E-state index contributed by atoms with van der Waals surface area (Å²) in [4.78, 5) is 13.2. The summed E-state index contributed by atoms with van der Waals surface area (Å²) in [6.07, 6.45) is 1.62. The number of carbonyl (C=O) groups is 1. The van der Waals surface area contributed by atoms with Gasteiger partial charge >= 0.3 is 0 Å². The zero-order valence-corrected chi connectivity index (χ0v) is 18.9. The topological polar surface area (TPSA) is 72.2 Å². The van der Waals surface area contributed by atoms with Crippen LogP contribution in [0.3, 0.4) is 0 Å². The minimum atomic E-state index is -0.222. The van der Waals surface area contributed by atoms with Crippen molar-refractivity contribution in [3.05, 3.63) is 81.5 Å². The van der Waals surface area contributed by atoms with Crippen LogP contribution in [0.15, 0.2) is 76.3 Å². The van der Waals surface area contributed by atoms with Gasteiger partial charge in [-0.3, -0.25) is 9.36 Å². The number of hydrogen-bond donors (Lipinski definition) is 1. The molecule has 0 unspecified atom stereocenters. The van der Waals surface area contributed by atoms with Crippen molar-refractivity contribution in [2.75, 3.05) is 5.75 Å². The lowest BCUT2D eigenvalue weighted by atomic mass is 10.1. The second-order valence-electron chi connectivity index (χ2n) is 6.58. The number of benzene rings is 2. The summed E-state index contributed by atoms with van der Waals surface area (Å²) < 4.78 is 1.92. The second-order valence-corrected chi connectivity index (χ2v) is 8.94. The number of amides is 1. The van der Waals surface area contributed by atoms with Crippen LogP contribution in [0, 0.1) is 6.92 Å². The number of carbonyl (C=O) groups excluding carboxylic acids is 1. The molecule has 0 fully saturated rings. The minimum Gasteiger partial charge on any atom is -0.272 e. The molecule has 0 bridgehead atoms. The van der Waals surface area contributed by atoms with Crippen LogP contribution in [0.4, 0.5) is 0 Å². The van der Waals surface area contributed by atoms with Gasteiger partial charge in [-0.05, 0) is 42.6 Å². The Kier molecular flexibility index (Phi) is 6.81. The van der Waals surface area contributed by atoms with Crippen molar-refractivity contribution in [2.24, 2.45) is 5.10 Å². The van der Waals surface area contributed by atoms with Crippen molar-refractivity contribution in [3.8, 4) is 17.1 Å². The van der Waals surface area contributed by atoms with Crippen LogP contribution in [0.2, 0.25) is 5.02 Å². The van der Waals surface area contributed by atoms with Gasteiger partial charge in [0.1, 0.15) is 0 Å². The van der Waals surface area contributed by atoms with Crippen LogP contribution in [0.5, 0.6) is 0 Å². The zero-order chi connectivity index (χ0) is 21.6. The summed E-state index contributed by atoms with van der Waals surface area (Å²) in [6.45, 7) is 2.04. The summed E-state index contributed by atoms with van der Waals surface area (Å²) in [7, 11) is 0. The Morgan fingerprint density at radius 1 is 1.16 bits per heavy atom. The first-order valence-corrected chi connectivity index (χ1v) is 11.6. The van der Waals surface area contributed by atoms with E-state index in [0.29, 0.717) is 16.0 Å². The Labute approximate surface area is 193 Å². The molecule has 4 aromatic rings. The summed E-state index contributed by atoms with van der Waals surface area (Å²) in [6, 6.07) is 19.4. The molecule has 156 valence electrons. The molecule has 0 aliphatic heterocycles. The van der Waals surface area contributed by atoms with E-state index < -0.39 is 0 Å². The maximum atomic E-state index is 12.2. The van der Waals surface area contributed by atoms with Crippen molar-refractivity contribution in [3.63, 3.8) is 0 Å². The van der Waals surface area contributed by atoms with Crippen LogP contribution in [0.1, 0.15) is 10.4 Å². The molecule has 31 heavy (non-hydrogen) atoms. The van der Waals surface area contributed by atoms with E-state index in [9.17, 15) is 4.79 Å². The number of thioether (sulfide) groups is 1. The van der Waals surface area contributed by atoms with E-state index >= 15 is 0 Å². The molecule has 0 spiro atoms. The highest BCUT2D eigenvalue weighted by Gasteiger charge is 2.17. The number of aromatic nitrogens is 3. The standard InChI is InChI=1S/C22H18ClN5OS2/c1-15-4-6-16(7-5-15)21-26-27-22(28(21)18-10-8-17(23)9-11-18)31-14-20(29)25-24-13-19-3-2-12-30-19/h2-13H,14H2,1H3,(H,25,29)/b24-13+. The Morgan fingerprint density at radius 3 is 2.65 bits per heavy atom. The molecule has 2 aromatic heterocycles. The predicted octanol–water partition coefficient (Wildman–Crippen LogP) is 5.20. The minimum absolute atomic E-state index is 0.154. The highest BCUT2D eigenvalue weighted by atomic mass is 35.5. The van der Waals surface area contributed by atoms with Crippen LogP contribution < -0.4 is 5.43 Å². The number of halogens is 1. The number of aryl methyl sites for hydroxylation is 1. The Bertz CT molecular complexity index is 1190. The molecule has 0 aliphatic rings. The SMILES string of the molecule is Cc1ccc(-c2nnc(SCC(=O)N/N=C/c3cccs3)n2-c2ccc(Cl)cc2)cc1. The number of hydrazone groups is 1. The number of nitrogens with zero attached hydrogens (tertiary/aromatic N) is 4. The summed E-state index contributed by atoms with van der Waals surface area (Å²) in [5.41, 5.74) is 5.51. The molecule has 0 saturated carbocycles. The van der Waals surface area contributed by atoms with Gasteiger partial charge in [-0.1, -0.05) is 59.3 Å². The monoisotopic (exact) mass is 467 g/mol. The van der Waals surface area contributed by atoms with E-state index in [0.717, 1.165) is 21.7 Å². The normalized spacial score (nSPS) is 11.2. The maximum absolute atomic E-state index is 12.2. The Hall–Kier alpha value is -2.94. The van der Waals surface area contributed by atoms with Gasteiger partial charge in [0.15, 0.2) is 11.0 Å². The van der Waals surface area contributed by atoms with Crippen LogP contribution in [-0.2, 0) is 4.79 Å².